The van der Waals surface area contributed by atoms with E-state index in [9.17, 15) is 4.79 Å². The number of aromatic nitrogens is 4. The molecule has 0 aliphatic heterocycles. The summed E-state index contributed by atoms with van der Waals surface area (Å²) in [4.78, 5) is 22.0. The Bertz CT molecular complexity index is 1190. The zero-order valence-corrected chi connectivity index (χ0v) is 17.6. The minimum absolute atomic E-state index is 0.133. The SMILES string of the molecule is Cc1cccn2c(NC(=O)CCc3nc(C(C)(C)C)no3)c(-c3ccccc3)nc12. The number of hydrogen-bond donors (Lipinski definition) is 1. The predicted molar refractivity (Wildman–Crippen MR) is 115 cm³/mol. The molecule has 3 heterocycles. The van der Waals surface area contributed by atoms with Crippen LogP contribution in [0.5, 0.6) is 0 Å². The number of imidazole rings is 1. The molecule has 1 aromatic carbocycles. The lowest BCUT2D eigenvalue weighted by molar-refractivity contribution is -0.116. The number of hydrogen-bond acceptors (Lipinski definition) is 5. The molecule has 7 nitrogen and oxygen atoms in total. The van der Waals surface area contributed by atoms with Crippen LogP contribution in [0.15, 0.2) is 53.2 Å². The number of nitrogens with one attached hydrogen (secondary N) is 1. The molecule has 1 N–H and O–H groups in total. The number of aryl methyl sites for hydroxylation is 2. The summed E-state index contributed by atoms with van der Waals surface area (Å²) in [5, 5.41) is 7.05. The van der Waals surface area contributed by atoms with E-state index >= 15 is 0 Å². The van der Waals surface area contributed by atoms with Gasteiger partial charge in [0.05, 0.1) is 0 Å². The molecule has 0 spiro atoms. The zero-order valence-electron chi connectivity index (χ0n) is 17.6. The average molecular weight is 403 g/mol. The van der Waals surface area contributed by atoms with E-state index in [4.69, 9.17) is 9.51 Å². The topological polar surface area (TPSA) is 85.3 Å². The quantitative estimate of drug-likeness (QED) is 0.528. The Morgan fingerprint density at radius 1 is 1.10 bits per heavy atom. The Hall–Kier alpha value is -3.48. The van der Waals surface area contributed by atoms with Gasteiger partial charge in [0.15, 0.2) is 5.82 Å². The van der Waals surface area contributed by atoms with Gasteiger partial charge in [0.2, 0.25) is 11.8 Å². The van der Waals surface area contributed by atoms with Crippen molar-refractivity contribution >= 4 is 17.4 Å². The molecule has 3 aromatic heterocycles. The van der Waals surface area contributed by atoms with Crippen LogP contribution in [0.2, 0.25) is 0 Å². The summed E-state index contributed by atoms with van der Waals surface area (Å²) in [7, 11) is 0. The lowest BCUT2D eigenvalue weighted by Crippen LogP contribution is -2.15. The first kappa shape index (κ1) is 19.8. The maximum absolute atomic E-state index is 12.8. The normalized spacial score (nSPS) is 11.7. The Balaban J connectivity index is 1.58. The first-order valence-electron chi connectivity index (χ1n) is 9.99. The monoisotopic (exact) mass is 403 g/mol. The van der Waals surface area contributed by atoms with Gasteiger partial charge in [-0.25, -0.2) is 4.98 Å². The summed E-state index contributed by atoms with van der Waals surface area (Å²) in [5.41, 5.74) is 3.35. The molecular weight excluding hydrogens is 378 g/mol. The molecule has 1 amide bonds. The van der Waals surface area contributed by atoms with Gasteiger partial charge in [-0.2, -0.15) is 4.98 Å². The van der Waals surface area contributed by atoms with Crippen LogP contribution in [0.4, 0.5) is 5.82 Å². The van der Waals surface area contributed by atoms with Crippen molar-refractivity contribution in [3.8, 4) is 11.3 Å². The van der Waals surface area contributed by atoms with Gasteiger partial charge in [-0.05, 0) is 18.6 Å². The highest BCUT2D eigenvalue weighted by molar-refractivity contribution is 5.94. The van der Waals surface area contributed by atoms with Crippen LogP contribution in [0.3, 0.4) is 0 Å². The van der Waals surface area contributed by atoms with Gasteiger partial charge in [0.25, 0.3) is 0 Å². The average Bonchev–Trinajstić information content (AvgIpc) is 3.33. The number of amides is 1. The summed E-state index contributed by atoms with van der Waals surface area (Å²) in [6, 6.07) is 13.8. The molecule has 4 aromatic rings. The molecule has 0 atom stereocenters. The van der Waals surface area contributed by atoms with E-state index in [-0.39, 0.29) is 17.7 Å². The molecular formula is C23H25N5O2. The van der Waals surface area contributed by atoms with Gasteiger partial charge < -0.3 is 9.84 Å². The molecule has 0 saturated heterocycles. The molecule has 0 unspecified atom stereocenters. The number of pyridine rings is 1. The van der Waals surface area contributed by atoms with Gasteiger partial charge in [0, 0.05) is 30.0 Å². The highest BCUT2D eigenvalue weighted by Gasteiger charge is 2.22. The minimum atomic E-state index is -0.192. The Morgan fingerprint density at radius 2 is 1.87 bits per heavy atom. The van der Waals surface area contributed by atoms with Gasteiger partial charge in [-0.1, -0.05) is 62.3 Å². The van der Waals surface area contributed by atoms with E-state index in [1.165, 1.54) is 0 Å². The molecule has 0 aliphatic carbocycles. The van der Waals surface area contributed by atoms with Crippen molar-refractivity contribution in [1.29, 1.82) is 0 Å². The van der Waals surface area contributed by atoms with Gasteiger partial charge in [-0.15, -0.1) is 0 Å². The molecule has 154 valence electrons. The fourth-order valence-electron chi connectivity index (χ4n) is 3.20. The van der Waals surface area contributed by atoms with E-state index in [2.05, 4.69) is 15.5 Å². The number of carbonyl (C=O) groups excluding carboxylic acids is 1. The van der Waals surface area contributed by atoms with Crippen molar-refractivity contribution in [1.82, 2.24) is 19.5 Å². The maximum atomic E-state index is 12.8. The third-order valence-corrected chi connectivity index (χ3v) is 4.86. The summed E-state index contributed by atoms with van der Waals surface area (Å²) in [6.45, 7) is 8.07. The largest absolute Gasteiger partial charge is 0.339 e. The van der Waals surface area contributed by atoms with Crippen molar-refractivity contribution in [3.63, 3.8) is 0 Å². The van der Waals surface area contributed by atoms with Crippen LogP contribution >= 0.6 is 0 Å². The van der Waals surface area contributed by atoms with Crippen LogP contribution < -0.4 is 5.32 Å². The van der Waals surface area contributed by atoms with Crippen LogP contribution in [-0.2, 0) is 16.6 Å². The Labute approximate surface area is 175 Å². The van der Waals surface area contributed by atoms with Crippen molar-refractivity contribution in [2.24, 2.45) is 0 Å². The van der Waals surface area contributed by atoms with E-state index < -0.39 is 0 Å². The summed E-state index contributed by atoms with van der Waals surface area (Å²) >= 11 is 0. The smallest absolute Gasteiger partial charge is 0.227 e. The fraction of sp³-hybridized carbons (Fsp3) is 0.304. The first-order chi connectivity index (χ1) is 14.3. The second-order valence-electron chi connectivity index (χ2n) is 8.37. The fourth-order valence-corrected chi connectivity index (χ4v) is 3.20. The van der Waals surface area contributed by atoms with Crippen molar-refractivity contribution in [3.05, 3.63) is 65.9 Å². The summed E-state index contributed by atoms with van der Waals surface area (Å²) < 4.78 is 7.21. The van der Waals surface area contributed by atoms with Crippen LogP contribution in [0, 0.1) is 6.92 Å². The van der Waals surface area contributed by atoms with E-state index in [1.807, 2.05) is 80.8 Å². The van der Waals surface area contributed by atoms with Crippen LogP contribution in [-0.4, -0.2) is 25.4 Å². The van der Waals surface area contributed by atoms with Crippen molar-refractivity contribution in [2.75, 3.05) is 5.32 Å². The lowest BCUT2D eigenvalue weighted by atomic mass is 9.96. The first-order valence-corrected chi connectivity index (χ1v) is 9.99. The minimum Gasteiger partial charge on any atom is -0.339 e. The lowest BCUT2D eigenvalue weighted by Gasteiger charge is -2.10. The molecule has 7 heteroatoms. The second kappa shape index (κ2) is 7.74. The van der Waals surface area contributed by atoms with Gasteiger partial charge in [0.1, 0.15) is 17.2 Å². The Morgan fingerprint density at radius 3 is 2.57 bits per heavy atom. The van der Waals surface area contributed by atoms with Crippen molar-refractivity contribution in [2.45, 2.75) is 46.0 Å². The number of nitrogens with zero attached hydrogens (tertiary/aromatic N) is 4. The van der Waals surface area contributed by atoms with Crippen LogP contribution in [0.1, 0.15) is 44.5 Å². The number of carbonyl (C=O) groups is 1. The molecule has 30 heavy (non-hydrogen) atoms. The number of fused-ring (bicyclic) bond motifs is 1. The van der Waals surface area contributed by atoms with Crippen molar-refractivity contribution < 1.29 is 9.32 Å². The highest BCUT2D eigenvalue weighted by atomic mass is 16.5. The molecule has 0 bridgehead atoms. The maximum Gasteiger partial charge on any atom is 0.227 e. The molecule has 0 fully saturated rings. The molecule has 4 rings (SSSR count). The van der Waals surface area contributed by atoms with E-state index in [0.717, 1.165) is 22.5 Å². The summed E-state index contributed by atoms with van der Waals surface area (Å²) in [6.07, 6.45) is 2.52. The number of benzene rings is 1. The molecule has 0 radical (unpaired) electrons. The van der Waals surface area contributed by atoms with Crippen LogP contribution in [0.25, 0.3) is 16.9 Å². The third kappa shape index (κ3) is 3.96. The second-order valence-corrected chi connectivity index (χ2v) is 8.37. The standard InChI is InChI=1S/C23H25N5O2/c1-15-9-8-14-28-20(15)26-19(16-10-6-5-7-11-16)21(28)24-17(29)12-13-18-25-22(27-30-18)23(2,3)4/h5-11,14H,12-13H2,1-4H3,(H,24,29). The zero-order chi connectivity index (χ0) is 21.3. The summed E-state index contributed by atoms with van der Waals surface area (Å²) in [5.74, 6) is 1.63. The number of anilines is 1. The van der Waals surface area contributed by atoms with Gasteiger partial charge >= 0.3 is 0 Å². The van der Waals surface area contributed by atoms with E-state index in [0.29, 0.717) is 24.0 Å². The third-order valence-electron chi connectivity index (χ3n) is 4.86. The predicted octanol–water partition coefficient (Wildman–Crippen LogP) is 4.56. The molecule has 0 saturated carbocycles. The highest BCUT2D eigenvalue weighted by Crippen LogP contribution is 2.30. The molecule has 0 aliphatic rings. The van der Waals surface area contributed by atoms with E-state index in [1.54, 1.807) is 0 Å². The van der Waals surface area contributed by atoms with Gasteiger partial charge in [-0.3, -0.25) is 9.20 Å². The Kier molecular flexibility index (Phi) is 5.11. The number of rotatable bonds is 5.